The minimum Gasteiger partial charge on any atom is -0.461 e. The topological polar surface area (TPSA) is 85.8 Å². The second-order valence-corrected chi connectivity index (χ2v) is 6.70. The van der Waals surface area contributed by atoms with Gasteiger partial charge >= 0.3 is 0 Å². The highest BCUT2D eigenvalue weighted by molar-refractivity contribution is 8.00. The van der Waals surface area contributed by atoms with E-state index < -0.39 is 0 Å². The van der Waals surface area contributed by atoms with Gasteiger partial charge in [-0.3, -0.25) is 4.79 Å². The molecule has 0 saturated heterocycles. The Morgan fingerprint density at radius 1 is 1.38 bits per heavy atom. The molecule has 3 rings (SSSR count). The quantitative estimate of drug-likeness (QED) is 0.700. The zero-order valence-corrected chi connectivity index (χ0v) is 14.5. The summed E-state index contributed by atoms with van der Waals surface area (Å²) >= 11 is 7.08. The third kappa shape index (κ3) is 3.60. The average Bonchev–Trinajstić information content (AvgIpc) is 3.20. The standard InChI is InChI=1S/C15H14ClN5O2S/c1-9(14(22)18-12-6-5-10(16)8-17-12)24-15-20-19-13(21(15)2)11-4-3-7-23-11/h3-9H,1-2H3,(H,17,18,22)/t9-/m0/s1. The summed E-state index contributed by atoms with van der Waals surface area (Å²) < 4.78 is 7.11. The number of pyridine rings is 1. The number of nitrogens with one attached hydrogen (secondary N) is 1. The molecule has 0 aliphatic heterocycles. The van der Waals surface area contributed by atoms with Crippen molar-refractivity contribution >= 4 is 35.1 Å². The highest BCUT2D eigenvalue weighted by Gasteiger charge is 2.20. The van der Waals surface area contributed by atoms with E-state index in [1.807, 2.05) is 7.05 Å². The van der Waals surface area contributed by atoms with Gasteiger partial charge in [0.2, 0.25) is 5.91 Å². The largest absolute Gasteiger partial charge is 0.461 e. The number of amides is 1. The molecule has 1 N–H and O–H groups in total. The Kier molecular flexibility index (Phi) is 4.86. The van der Waals surface area contributed by atoms with Crippen molar-refractivity contribution in [2.75, 3.05) is 5.32 Å². The zero-order chi connectivity index (χ0) is 17.1. The number of hydrogen-bond donors (Lipinski definition) is 1. The molecule has 3 aromatic heterocycles. The maximum absolute atomic E-state index is 12.3. The highest BCUT2D eigenvalue weighted by Crippen LogP contribution is 2.26. The number of hydrogen-bond acceptors (Lipinski definition) is 6. The van der Waals surface area contributed by atoms with Crippen molar-refractivity contribution in [1.29, 1.82) is 0 Å². The second kappa shape index (κ2) is 7.06. The van der Waals surface area contributed by atoms with E-state index in [1.54, 1.807) is 42.0 Å². The number of rotatable bonds is 5. The summed E-state index contributed by atoms with van der Waals surface area (Å²) in [5.74, 6) is 1.50. The molecule has 0 unspecified atom stereocenters. The van der Waals surface area contributed by atoms with Gasteiger partial charge in [0, 0.05) is 13.2 Å². The first-order valence-corrected chi connectivity index (χ1v) is 8.32. The molecule has 0 spiro atoms. The van der Waals surface area contributed by atoms with Gasteiger partial charge in [-0.25, -0.2) is 4.98 Å². The van der Waals surface area contributed by atoms with Gasteiger partial charge in [-0.2, -0.15) is 0 Å². The summed E-state index contributed by atoms with van der Waals surface area (Å²) in [5, 5.41) is 11.7. The minimum absolute atomic E-state index is 0.183. The third-order valence-electron chi connectivity index (χ3n) is 3.21. The number of carbonyl (C=O) groups excluding carboxylic acids is 1. The van der Waals surface area contributed by atoms with Crippen molar-refractivity contribution < 1.29 is 9.21 Å². The van der Waals surface area contributed by atoms with Crippen molar-refractivity contribution in [3.8, 4) is 11.6 Å². The molecule has 0 aromatic carbocycles. The van der Waals surface area contributed by atoms with Crippen molar-refractivity contribution in [2.45, 2.75) is 17.3 Å². The second-order valence-electron chi connectivity index (χ2n) is 4.95. The minimum atomic E-state index is -0.380. The fourth-order valence-electron chi connectivity index (χ4n) is 1.93. The Labute approximate surface area is 147 Å². The molecule has 0 radical (unpaired) electrons. The lowest BCUT2D eigenvalue weighted by atomic mass is 10.4. The maximum atomic E-state index is 12.3. The van der Waals surface area contributed by atoms with E-state index in [2.05, 4.69) is 20.5 Å². The van der Waals surface area contributed by atoms with E-state index in [1.165, 1.54) is 18.0 Å². The van der Waals surface area contributed by atoms with Gasteiger partial charge in [0.25, 0.3) is 0 Å². The van der Waals surface area contributed by atoms with Gasteiger partial charge in [-0.15, -0.1) is 10.2 Å². The van der Waals surface area contributed by atoms with Gasteiger partial charge in [0.05, 0.1) is 16.5 Å². The molecule has 0 fully saturated rings. The number of halogens is 1. The molecule has 9 heteroatoms. The van der Waals surface area contributed by atoms with E-state index in [-0.39, 0.29) is 11.2 Å². The summed E-state index contributed by atoms with van der Waals surface area (Å²) in [6.07, 6.45) is 3.05. The average molecular weight is 364 g/mol. The van der Waals surface area contributed by atoms with Crippen molar-refractivity contribution in [1.82, 2.24) is 19.7 Å². The van der Waals surface area contributed by atoms with Gasteiger partial charge in [-0.1, -0.05) is 23.4 Å². The molecular formula is C15H14ClN5O2S. The van der Waals surface area contributed by atoms with Gasteiger partial charge in [-0.05, 0) is 31.2 Å². The molecule has 0 bridgehead atoms. The van der Waals surface area contributed by atoms with E-state index in [9.17, 15) is 4.79 Å². The van der Waals surface area contributed by atoms with Crippen LogP contribution in [0.4, 0.5) is 5.82 Å². The van der Waals surface area contributed by atoms with Crippen LogP contribution < -0.4 is 5.32 Å². The van der Waals surface area contributed by atoms with E-state index in [4.69, 9.17) is 16.0 Å². The highest BCUT2D eigenvalue weighted by atomic mass is 35.5. The number of anilines is 1. The summed E-state index contributed by atoms with van der Waals surface area (Å²) in [6, 6.07) is 6.90. The van der Waals surface area contributed by atoms with Crippen molar-refractivity contribution in [3.05, 3.63) is 41.7 Å². The zero-order valence-electron chi connectivity index (χ0n) is 12.9. The van der Waals surface area contributed by atoms with Crippen molar-refractivity contribution in [2.24, 2.45) is 7.05 Å². The number of nitrogens with zero attached hydrogens (tertiary/aromatic N) is 4. The lowest BCUT2D eigenvalue weighted by molar-refractivity contribution is -0.115. The van der Waals surface area contributed by atoms with Crippen LogP contribution in [0.3, 0.4) is 0 Å². The summed E-state index contributed by atoms with van der Waals surface area (Å²) in [6.45, 7) is 1.79. The number of aromatic nitrogens is 4. The van der Waals surface area contributed by atoms with Crippen LogP contribution in [0.5, 0.6) is 0 Å². The summed E-state index contributed by atoms with van der Waals surface area (Å²) in [4.78, 5) is 16.3. The predicted octanol–water partition coefficient (Wildman–Crippen LogP) is 3.24. The molecular weight excluding hydrogens is 350 g/mol. The Balaban J connectivity index is 1.67. The Hall–Kier alpha value is -2.32. The van der Waals surface area contributed by atoms with Crippen molar-refractivity contribution in [3.63, 3.8) is 0 Å². The monoisotopic (exact) mass is 363 g/mol. The fraction of sp³-hybridized carbons (Fsp3) is 0.200. The van der Waals surface area contributed by atoms with Crippen LogP contribution in [0.1, 0.15) is 6.92 Å². The van der Waals surface area contributed by atoms with E-state index in [0.717, 1.165) is 0 Å². The molecule has 1 atom stereocenters. The lowest BCUT2D eigenvalue weighted by Gasteiger charge is -2.11. The maximum Gasteiger partial charge on any atom is 0.238 e. The molecule has 0 saturated carbocycles. The van der Waals surface area contributed by atoms with Gasteiger partial charge < -0.3 is 14.3 Å². The number of carbonyl (C=O) groups is 1. The predicted molar refractivity (Wildman–Crippen MR) is 91.9 cm³/mol. The third-order valence-corrected chi connectivity index (χ3v) is 4.56. The SMILES string of the molecule is C[C@H](Sc1nnc(-c2ccco2)n1C)C(=O)Nc1ccc(Cl)cn1. The van der Waals surface area contributed by atoms with Crippen LogP contribution in [0.25, 0.3) is 11.6 Å². The molecule has 124 valence electrons. The molecule has 3 heterocycles. The number of furan rings is 1. The molecule has 0 aliphatic carbocycles. The van der Waals surface area contributed by atoms with Crippen LogP contribution in [-0.4, -0.2) is 30.9 Å². The van der Waals surface area contributed by atoms with Crippen LogP contribution in [-0.2, 0) is 11.8 Å². The van der Waals surface area contributed by atoms with Gasteiger partial charge in [0.1, 0.15) is 5.82 Å². The first-order valence-electron chi connectivity index (χ1n) is 7.07. The van der Waals surface area contributed by atoms with E-state index in [0.29, 0.717) is 27.6 Å². The van der Waals surface area contributed by atoms with Gasteiger partial charge in [0.15, 0.2) is 16.7 Å². The van der Waals surface area contributed by atoms with Crippen LogP contribution >= 0.6 is 23.4 Å². The van der Waals surface area contributed by atoms with Crippen LogP contribution in [0, 0.1) is 0 Å². The fourth-order valence-corrected chi connectivity index (χ4v) is 2.85. The lowest BCUT2D eigenvalue weighted by Crippen LogP contribution is -2.23. The molecule has 3 aromatic rings. The smallest absolute Gasteiger partial charge is 0.238 e. The molecule has 7 nitrogen and oxygen atoms in total. The van der Waals surface area contributed by atoms with Crippen LogP contribution in [0.15, 0.2) is 46.3 Å². The first-order chi connectivity index (χ1) is 11.5. The first kappa shape index (κ1) is 16.5. The summed E-state index contributed by atoms with van der Waals surface area (Å²) in [5.41, 5.74) is 0. The molecule has 1 amide bonds. The van der Waals surface area contributed by atoms with E-state index >= 15 is 0 Å². The molecule has 0 aliphatic rings. The van der Waals surface area contributed by atoms with Crippen LogP contribution in [0.2, 0.25) is 5.02 Å². The summed E-state index contributed by atoms with van der Waals surface area (Å²) in [7, 11) is 1.82. The Morgan fingerprint density at radius 3 is 2.88 bits per heavy atom. The normalized spacial score (nSPS) is 12.1. The molecule has 24 heavy (non-hydrogen) atoms. The Bertz CT molecular complexity index is 832. The number of thioether (sulfide) groups is 1. The Morgan fingerprint density at radius 2 is 2.21 bits per heavy atom.